The molecule has 0 aromatic heterocycles. The van der Waals surface area contributed by atoms with Crippen molar-refractivity contribution >= 4 is 5.78 Å². The van der Waals surface area contributed by atoms with Crippen molar-refractivity contribution in [3.05, 3.63) is 82.9 Å². The van der Waals surface area contributed by atoms with Gasteiger partial charge in [0, 0.05) is 18.8 Å². The van der Waals surface area contributed by atoms with E-state index in [1.165, 1.54) is 29.5 Å². The molecule has 6 rings (SSSR count). The SMILES string of the molecule is CCc1ccc(CO[C@@]2(O)CC[C@@]3(C)C(=CC(Cc4ccccc4)C4C3CC[C@@]3(C)C4CC[C@@H]3C(C)=O)C2)cc1. The predicted octanol–water partition coefficient (Wildman–Crippen LogP) is 8.09. The van der Waals surface area contributed by atoms with Gasteiger partial charge >= 0.3 is 0 Å². The number of aryl methyl sites for hydroxylation is 1. The maximum atomic E-state index is 12.7. The Morgan fingerprint density at radius 2 is 1.62 bits per heavy atom. The summed E-state index contributed by atoms with van der Waals surface area (Å²) in [6, 6.07) is 19.5. The van der Waals surface area contributed by atoms with Crippen molar-refractivity contribution in [3.63, 3.8) is 0 Å². The van der Waals surface area contributed by atoms with Crippen molar-refractivity contribution < 1.29 is 14.6 Å². The highest BCUT2D eigenvalue weighted by Gasteiger charge is 2.62. The second kappa shape index (κ2) is 10.6. The first-order chi connectivity index (χ1) is 19.1. The van der Waals surface area contributed by atoms with Crippen molar-refractivity contribution in [1.82, 2.24) is 0 Å². The number of rotatable bonds is 7. The molecule has 0 saturated heterocycles. The van der Waals surface area contributed by atoms with E-state index in [4.69, 9.17) is 4.74 Å². The van der Waals surface area contributed by atoms with Gasteiger partial charge in [0.2, 0.25) is 0 Å². The molecule has 4 aliphatic carbocycles. The fourth-order valence-electron chi connectivity index (χ4n) is 9.74. The lowest BCUT2D eigenvalue weighted by atomic mass is 9.44. The van der Waals surface area contributed by atoms with Crippen LogP contribution in [0.3, 0.4) is 0 Å². The van der Waals surface area contributed by atoms with E-state index in [9.17, 15) is 9.90 Å². The van der Waals surface area contributed by atoms with E-state index in [0.717, 1.165) is 37.7 Å². The summed E-state index contributed by atoms with van der Waals surface area (Å²) < 4.78 is 6.32. The van der Waals surface area contributed by atoms with E-state index < -0.39 is 5.79 Å². The zero-order valence-corrected chi connectivity index (χ0v) is 25.0. The fourth-order valence-corrected chi connectivity index (χ4v) is 9.74. The molecule has 8 atom stereocenters. The zero-order chi connectivity index (χ0) is 28.1. The van der Waals surface area contributed by atoms with E-state index in [1.54, 1.807) is 0 Å². The molecule has 1 N–H and O–H groups in total. The van der Waals surface area contributed by atoms with Gasteiger partial charge in [-0.1, -0.05) is 87.0 Å². The number of carbonyl (C=O) groups excluding carboxylic acids is 1. The summed E-state index contributed by atoms with van der Waals surface area (Å²) in [5, 5.41) is 11.7. The minimum absolute atomic E-state index is 0.0891. The monoisotopic (exact) mass is 540 g/mol. The minimum Gasteiger partial charge on any atom is -0.365 e. The number of hydrogen-bond donors (Lipinski definition) is 1. The molecule has 40 heavy (non-hydrogen) atoms. The lowest BCUT2D eigenvalue weighted by Gasteiger charge is -2.60. The first-order valence-electron chi connectivity index (χ1n) is 15.8. The summed E-state index contributed by atoms with van der Waals surface area (Å²) >= 11 is 0. The van der Waals surface area contributed by atoms with Gasteiger partial charge in [0.05, 0.1) is 6.61 Å². The van der Waals surface area contributed by atoms with Gasteiger partial charge in [-0.25, -0.2) is 0 Å². The molecule has 0 radical (unpaired) electrons. The first kappa shape index (κ1) is 27.9. The Kier molecular flexibility index (Phi) is 7.36. The standard InChI is InChI=1S/C37H48O3/c1-5-26-11-13-28(14-12-26)24-40-37(39)20-19-35(3)30(23-37)22-29(21-27-9-7-6-8-10-27)34-32-16-15-31(25(2)38)36(32,4)18-17-33(34)35/h6-14,22,29,31-34,39H,5,15-21,23-24H2,1-4H3/t29?,31-,32?,33?,34?,35+,36-,37+/m1/s1. The smallest absolute Gasteiger partial charge is 0.169 e. The second-order valence-electron chi connectivity index (χ2n) is 14.1. The van der Waals surface area contributed by atoms with Crippen LogP contribution in [-0.2, 0) is 29.0 Å². The van der Waals surface area contributed by atoms with Crippen LogP contribution in [0.2, 0.25) is 0 Å². The molecular weight excluding hydrogens is 492 g/mol. The quantitative estimate of drug-likeness (QED) is 0.285. The zero-order valence-electron chi connectivity index (χ0n) is 25.0. The Morgan fingerprint density at radius 1 is 0.900 bits per heavy atom. The van der Waals surface area contributed by atoms with Gasteiger partial charge in [-0.2, -0.15) is 0 Å². The highest BCUT2D eigenvalue weighted by Crippen LogP contribution is 2.68. The van der Waals surface area contributed by atoms with Crippen LogP contribution in [-0.4, -0.2) is 16.7 Å². The lowest BCUT2D eigenvalue weighted by Crippen LogP contribution is -2.55. The summed E-state index contributed by atoms with van der Waals surface area (Å²) in [7, 11) is 0. The Morgan fingerprint density at radius 3 is 2.33 bits per heavy atom. The van der Waals surface area contributed by atoms with Crippen LogP contribution < -0.4 is 0 Å². The molecular formula is C37H48O3. The number of allylic oxidation sites excluding steroid dienone is 1. The molecule has 0 bridgehead atoms. The van der Waals surface area contributed by atoms with Crippen LogP contribution >= 0.6 is 0 Å². The highest BCUT2D eigenvalue weighted by atomic mass is 16.6. The van der Waals surface area contributed by atoms with E-state index in [1.807, 2.05) is 6.92 Å². The van der Waals surface area contributed by atoms with E-state index in [0.29, 0.717) is 48.9 Å². The molecule has 2 aromatic rings. The van der Waals surface area contributed by atoms with Crippen molar-refractivity contribution in [2.75, 3.05) is 0 Å². The minimum atomic E-state index is -1.12. The van der Waals surface area contributed by atoms with E-state index in [-0.39, 0.29) is 16.7 Å². The van der Waals surface area contributed by atoms with Crippen LogP contribution in [0.1, 0.15) is 89.3 Å². The average molecular weight is 541 g/mol. The van der Waals surface area contributed by atoms with Crippen LogP contribution in [0.15, 0.2) is 66.2 Å². The Hall–Kier alpha value is -2.23. The Balaban J connectivity index is 1.30. The number of ketones is 1. The third kappa shape index (κ3) is 4.81. The second-order valence-corrected chi connectivity index (χ2v) is 14.1. The van der Waals surface area contributed by atoms with Gasteiger partial charge in [-0.3, -0.25) is 4.79 Å². The molecule has 3 heteroatoms. The maximum Gasteiger partial charge on any atom is 0.169 e. The number of ether oxygens (including phenoxy) is 1. The van der Waals surface area contributed by atoms with Crippen molar-refractivity contribution in [1.29, 1.82) is 0 Å². The Labute approximate surface area is 241 Å². The Bertz CT molecular complexity index is 1250. The number of fused-ring (bicyclic) bond motifs is 5. The van der Waals surface area contributed by atoms with Gasteiger partial charge in [-0.15, -0.1) is 0 Å². The predicted molar refractivity (Wildman–Crippen MR) is 160 cm³/mol. The van der Waals surface area contributed by atoms with Crippen molar-refractivity contribution in [2.45, 2.75) is 97.9 Å². The number of hydrogen-bond acceptors (Lipinski definition) is 3. The average Bonchev–Trinajstić information content (AvgIpc) is 3.31. The number of carbonyl (C=O) groups is 1. The summed E-state index contributed by atoms with van der Waals surface area (Å²) in [5.74, 6) is 1.68. The molecule has 0 heterocycles. The molecule has 0 spiro atoms. The normalized spacial score (nSPS) is 38.6. The number of aliphatic hydroxyl groups is 1. The van der Waals surface area contributed by atoms with E-state index >= 15 is 0 Å². The molecule has 2 aromatic carbocycles. The lowest BCUT2D eigenvalue weighted by molar-refractivity contribution is -0.232. The first-order valence-corrected chi connectivity index (χ1v) is 15.8. The summed E-state index contributed by atoms with van der Waals surface area (Å²) in [4.78, 5) is 12.7. The fraction of sp³-hybridized carbons (Fsp3) is 0.595. The topological polar surface area (TPSA) is 46.5 Å². The van der Waals surface area contributed by atoms with Gasteiger partial charge in [0.25, 0.3) is 0 Å². The van der Waals surface area contributed by atoms with E-state index in [2.05, 4.69) is 81.4 Å². The van der Waals surface area contributed by atoms with Crippen LogP contribution in [0, 0.1) is 40.4 Å². The van der Waals surface area contributed by atoms with Crippen molar-refractivity contribution in [2.24, 2.45) is 40.4 Å². The van der Waals surface area contributed by atoms with Crippen LogP contribution in [0.4, 0.5) is 0 Å². The molecule has 0 aliphatic heterocycles. The molecule has 214 valence electrons. The van der Waals surface area contributed by atoms with Gasteiger partial charge < -0.3 is 9.84 Å². The van der Waals surface area contributed by atoms with Gasteiger partial charge in [0.15, 0.2) is 5.79 Å². The highest BCUT2D eigenvalue weighted by molar-refractivity contribution is 5.79. The van der Waals surface area contributed by atoms with Crippen LogP contribution in [0.5, 0.6) is 0 Å². The summed E-state index contributed by atoms with van der Waals surface area (Å²) in [6.07, 6.45) is 11.4. The molecule has 0 amide bonds. The molecule has 3 nitrogen and oxygen atoms in total. The maximum absolute atomic E-state index is 12.7. The third-order valence-corrected chi connectivity index (χ3v) is 12.0. The largest absolute Gasteiger partial charge is 0.365 e. The number of benzene rings is 2. The molecule has 4 aliphatic rings. The summed E-state index contributed by atoms with van der Waals surface area (Å²) in [6.45, 7) is 9.36. The van der Waals surface area contributed by atoms with Gasteiger partial charge in [-0.05, 0) is 103 Å². The van der Waals surface area contributed by atoms with Crippen LogP contribution in [0.25, 0.3) is 0 Å². The summed E-state index contributed by atoms with van der Waals surface area (Å²) in [5.41, 5.74) is 5.45. The number of Topliss-reactive ketones (excluding diaryl/α,β-unsaturated/α-hetero) is 1. The van der Waals surface area contributed by atoms with Crippen molar-refractivity contribution in [3.8, 4) is 0 Å². The molecule has 3 fully saturated rings. The molecule has 3 saturated carbocycles. The van der Waals surface area contributed by atoms with Gasteiger partial charge in [0.1, 0.15) is 5.78 Å². The molecule has 4 unspecified atom stereocenters. The third-order valence-electron chi connectivity index (χ3n) is 12.0.